The smallest absolute Gasteiger partial charge is 0.260 e. The van der Waals surface area contributed by atoms with E-state index in [2.05, 4.69) is 15.0 Å². The molecule has 1 atom stereocenters. The van der Waals surface area contributed by atoms with Crippen LogP contribution in [0.3, 0.4) is 0 Å². The summed E-state index contributed by atoms with van der Waals surface area (Å²) in [6.07, 6.45) is 5.53. The lowest BCUT2D eigenvalue weighted by molar-refractivity contribution is -0.386. The van der Waals surface area contributed by atoms with Gasteiger partial charge < -0.3 is 0 Å². The highest BCUT2D eigenvalue weighted by atomic mass is 35.5. The Kier molecular flexibility index (Phi) is 3.31. The number of hydrogen-bond donors (Lipinski definition) is 0. The van der Waals surface area contributed by atoms with Gasteiger partial charge in [0, 0.05) is 6.20 Å². The molecule has 0 radical (unpaired) electrons. The van der Waals surface area contributed by atoms with Gasteiger partial charge in [-0.2, -0.15) is 0 Å². The van der Waals surface area contributed by atoms with Crippen molar-refractivity contribution in [3.05, 3.63) is 56.9 Å². The Morgan fingerprint density at radius 3 is 3.00 bits per heavy atom. The summed E-state index contributed by atoms with van der Waals surface area (Å²) in [7, 11) is 0. The SMILES string of the molecule is O=[N+]([O-])c1cnc(Cl)nc1C1CCCc2cccnc21. The Labute approximate surface area is 120 Å². The molecule has 1 aliphatic rings. The second kappa shape index (κ2) is 5.13. The maximum absolute atomic E-state index is 11.1. The van der Waals surface area contributed by atoms with Crippen LogP contribution < -0.4 is 0 Å². The molecule has 0 saturated heterocycles. The van der Waals surface area contributed by atoms with Gasteiger partial charge in [-0.1, -0.05) is 6.07 Å². The monoisotopic (exact) mass is 290 g/mol. The van der Waals surface area contributed by atoms with E-state index in [0.29, 0.717) is 5.69 Å². The fraction of sp³-hybridized carbons (Fsp3) is 0.308. The Hall–Kier alpha value is -2.08. The molecule has 6 nitrogen and oxygen atoms in total. The number of rotatable bonds is 2. The van der Waals surface area contributed by atoms with E-state index in [1.807, 2.05) is 12.1 Å². The largest absolute Gasteiger partial charge is 0.309 e. The van der Waals surface area contributed by atoms with Crippen LogP contribution in [0.25, 0.3) is 0 Å². The quantitative estimate of drug-likeness (QED) is 0.482. The molecule has 0 spiro atoms. The van der Waals surface area contributed by atoms with Gasteiger partial charge in [-0.25, -0.2) is 9.97 Å². The molecule has 0 fully saturated rings. The van der Waals surface area contributed by atoms with Gasteiger partial charge >= 0.3 is 5.69 Å². The van der Waals surface area contributed by atoms with Crippen molar-refractivity contribution in [1.29, 1.82) is 0 Å². The van der Waals surface area contributed by atoms with E-state index in [1.165, 1.54) is 6.20 Å². The minimum Gasteiger partial charge on any atom is -0.260 e. The van der Waals surface area contributed by atoms with Crippen LogP contribution in [0.2, 0.25) is 5.28 Å². The summed E-state index contributed by atoms with van der Waals surface area (Å²) >= 11 is 5.80. The van der Waals surface area contributed by atoms with E-state index >= 15 is 0 Å². The summed E-state index contributed by atoms with van der Waals surface area (Å²) in [6.45, 7) is 0. The molecule has 0 saturated carbocycles. The first-order valence-corrected chi connectivity index (χ1v) is 6.65. The molecular formula is C13H11ClN4O2. The average Bonchev–Trinajstić information content (AvgIpc) is 2.46. The van der Waals surface area contributed by atoms with Crippen molar-refractivity contribution in [1.82, 2.24) is 15.0 Å². The van der Waals surface area contributed by atoms with Crippen molar-refractivity contribution < 1.29 is 4.92 Å². The second-order valence-electron chi connectivity index (χ2n) is 4.66. The summed E-state index contributed by atoms with van der Waals surface area (Å²) in [5.41, 5.74) is 2.23. The first kappa shape index (κ1) is 12.9. The highest BCUT2D eigenvalue weighted by Gasteiger charge is 2.30. The van der Waals surface area contributed by atoms with Crippen LogP contribution in [0.4, 0.5) is 5.69 Å². The molecular weight excluding hydrogens is 280 g/mol. The molecule has 20 heavy (non-hydrogen) atoms. The number of aryl methyl sites for hydroxylation is 1. The van der Waals surface area contributed by atoms with Crippen molar-refractivity contribution in [2.24, 2.45) is 0 Å². The minimum absolute atomic E-state index is 0.0219. The van der Waals surface area contributed by atoms with Crippen molar-refractivity contribution >= 4 is 17.3 Å². The van der Waals surface area contributed by atoms with Crippen LogP contribution >= 0.6 is 11.6 Å². The van der Waals surface area contributed by atoms with Crippen molar-refractivity contribution in [3.8, 4) is 0 Å². The zero-order valence-electron chi connectivity index (χ0n) is 10.5. The Balaban J connectivity index is 2.15. The first-order valence-electron chi connectivity index (χ1n) is 6.27. The third kappa shape index (κ3) is 2.22. The highest BCUT2D eigenvalue weighted by Crippen LogP contribution is 2.38. The topological polar surface area (TPSA) is 81.8 Å². The minimum atomic E-state index is -0.469. The molecule has 102 valence electrons. The maximum atomic E-state index is 11.1. The summed E-state index contributed by atoms with van der Waals surface area (Å²) in [5, 5.41) is 11.2. The van der Waals surface area contributed by atoms with E-state index in [-0.39, 0.29) is 16.9 Å². The predicted molar refractivity (Wildman–Crippen MR) is 72.7 cm³/mol. The van der Waals surface area contributed by atoms with Crippen LogP contribution in [0.15, 0.2) is 24.5 Å². The summed E-state index contributed by atoms with van der Waals surface area (Å²) in [6, 6.07) is 3.88. The molecule has 0 aromatic carbocycles. The van der Waals surface area contributed by atoms with Gasteiger partial charge in [0.1, 0.15) is 11.9 Å². The number of hydrogen-bond acceptors (Lipinski definition) is 5. The second-order valence-corrected chi connectivity index (χ2v) is 5.00. The molecule has 7 heteroatoms. The maximum Gasteiger partial charge on any atom is 0.309 e. The number of fused-ring (bicyclic) bond motifs is 1. The number of nitrogens with zero attached hydrogens (tertiary/aromatic N) is 4. The molecule has 0 bridgehead atoms. The molecule has 0 amide bonds. The summed E-state index contributed by atoms with van der Waals surface area (Å²) in [4.78, 5) is 22.9. The highest BCUT2D eigenvalue weighted by molar-refractivity contribution is 6.28. The molecule has 0 aliphatic heterocycles. The Morgan fingerprint density at radius 1 is 1.35 bits per heavy atom. The lowest BCUT2D eigenvalue weighted by Crippen LogP contribution is -2.16. The van der Waals surface area contributed by atoms with Crippen molar-refractivity contribution in [2.75, 3.05) is 0 Å². The fourth-order valence-corrected chi connectivity index (χ4v) is 2.78. The third-order valence-corrected chi connectivity index (χ3v) is 3.67. The molecule has 1 aliphatic carbocycles. The molecule has 0 N–H and O–H groups in total. The van der Waals surface area contributed by atoms with E-state index in [9.17, 15) is 10.1 Å². The molecule has 1 unspecified atom stereocenters. The summed E-state index contributed by atoms with van der Waals surface area (Å²) < 4.78 is 0. The van der Waals surface area contributed by atoms with E-state index in [0.717, 1.165) is 30.5 Å². The van der Waals surface area contributed by atoms with Gasteiger partial charge in [-0.05, 0) is 42.5 Å². The predicted octanol–water partition coefficient (Wildman–Crippen LogP) is 2.90. The zero-order valence-corrected chi connectivity index (χ0v) is 11.2. The standard InChI is InChI=1S/C13H11ClN4O2/c14-13-16-7-10(18(19)20)12(17-13)9-5-1-3-8-4-2-6-15-11(8)9/h2,4,6-7,9H,1,3,5H2. The van der Waals surface area contributed by atoms with Gasteiger partial charge in [0.05, 0.1) is 16.5 Å². The lowest BCUT2D eigenvalue weighted by Gasteiger charge is -2.23. The average molecular weight is 291 g/mol. The number of halogens is 1. The fourth-order valence-electron chi connectivity index (χ4n) is 2.64. The molecule has 2 aromatic heterocycles. The van der Waals surface area contributed by atoms with E-state index < -0.39 is 4.92 Å². The number of aromatic nitrogens is 3. The van der Waals surface area contributed by atoms with Crippen LogP contribution in [-0.2, 0) is 6.42 Å². The van der Waals surface area contributed by atoms with Gasteiger partial charge in [-0.15, -0.1) is 0 Å². The van der Waals surface area contributed by atoms with Crippen molar-refractivity contribution in [3.63, 3.8) is 0 Å². The first-order chi connectivity index (χ1) is 9.66. The van der Waals surface area contributed by atoms with Gasteiger partial charge in [-0.3, -0.25) is 15.1 Å². The van der Waals surface area contributed by atoms with Crippen LogP contribution in [0.5, 0.6) is 0 Å². The van der Waals surface area contributed by atoms with Gasteiger partial charge in [0.15, 0.2) is 0 Å². The molecule has 2 heterocycles. The van der Waals surface area contributed by atoms with E-state index in [4.69, 9.17) is 11.6 Å². The zero-order chi connectivity index (χ0) is 14.1. The lowest BCUT2D eigenvalue weighted by atomic mass is 9.84. The van der Waals surface area contributed by atoms with Crippen LogP contribution in [-0.4, -0.2) is 19.9 Å². The Morgan fingerprint density at radius 2 is 2.20 bits per heavy atom. The number of nitro groups is 1. The molecule has 2 aromatic rings. The van der Waals surface area contributed by atoms with Crippen LogP contribution in [0, 0.1) is 10.1 Å². The third-order valence-electron chi connectivity index (χ3n) is 3.49. The Bertz CT molecular complexity index is 677. The van der Waals surface area contributed by atoms with Crippen molar-refractivity contribution in [2.45, 2.75) is 25.2 Å². The van der Waals surface area contributed by atoms with E-state index in [1.54, 1.807) is 6.20 Å². The van der Waals surface area contributed by atoms with Gasteiger partial charge in [0.25, 0.3) is 0 Å². The normalized spacial score (nSPS) is 17.6. The summed E-state index contributed by atoms with van der Waals surface area (Å²) in [5.74, 6) is -0.194. The number of pyridine rings is 1. The van der Waals surface area contributed by atoms with Crippen LogP contribution in [0.1, 0.15) is 35.7 Å². The molecule has 3 rings (SSSR count). The van der Waals surface area contributed by atoms with Gasteiger partial charge in [0.2, 0.25) is 5.28 Å².